The summed E-state index contributed by atoms with van der Waals surface area (Å²) in [5.41, 5.74) is 1.98. The monoisotopic (exact) mass is 249 g/mol. The predicted molar refractivity (Wildman–Crippen MR) is 66.0 cm³/mol. The topological polar surface area (TPSA) is 30.2 Å². The molecular formula is C11H8ClN3S. The van der Waals surface area contributed by atoms with Crippen molar-refractivity contribution in [1.82, 2.24) is 14.6 Å². The molecule has 3 aromatic rings. The molecule has 0 aliphatic rings. The van der Waals surface area contributed by atoms with Gasteiger partial charge in [-0.25, -0.2) is 9.50 Å². The molecule has 80 valence electrons. The van der Waals surface area contributed by atoms with E-state index < -0.39 is 0 Å². The van der Waals surface area contributed by atoms with Crippen LogP contribution in [0, 0.1) is 6.92 Å². The normalized spacial score (nSPS) is 11.1. The highest BCUT2D eigenvalue weighted by Gasteiger charge is 2.07. The lowest BCUT2D eigenvalue weighted by Gasteiger charge is -1.95. The van der Waals surface area contributed by atoms with E-state index in [4.69, 9.17) is 11.6 Å². The molecule has 2 heterocycles. The van der Waals surface area contributed by atoms with Crippen molar-refractivity contribution in [1.29, 1.82) is 0 Å². The lowest BCUT2D eigenvalue weighted by Crippen LogP contribution is -1.80. The van der Waals surface area contributed by atoms with Gasteiger partial charge in [0.1, 0.15) is 5.01 Å². The third kappa shape index (κ3) is 1.60. The van der Waals surface area contributed by atoms with Gasteiger partial charge in [-0.2, -0.15) is 5.10 Å². The van der Waals surface area contributed by atoms with Crippen molar-refractivity contribution < 1.29 is 0 Å². The first-order valence-electron chi connectivity index (χ1n) is 4.81. The highest BCUT2D eigenvalue weighted by atomic mass is 35.5. The molecule has 0 spiro atoms. The summed E-state index contributed by atoms with van der Waals surface area (Å²) >= 11 is 7.43. The zero-order chi connectivity index (χ0) is 11.1. The van der Waals surface area contributed by atoms with Crippen LogP contribution in [0.3, 0.4) is 0 Å². The molecule has 0 aliphatic heterocycles. The van der Waals surface area contributed by atoms with Crippen molar-refractivity contribution in [3.05, 3.63) is 40.5 Å². The Hall–Kier alpha value is -1.39. The molecule has 0 fully saturated rings. The van der Waals surface area contributed by atoms with E-state index in [9.17, 15) is 0 Å². The molecule has 16 heavy (non-hydrogen) atoms. The first kappa shape index (κ1) is 9.81. The van der Waals surface area contributed by atoms with E-state index >= 15 is 0 Å². The minimum Gasteiger partial charge on any atom is -0.217 e. The Bertz CT molecular complexity index is 607. The van der Waals surface area contributed by atoms with Gasteiger partial charge in [0.15, 0.2) is 0 Å². The first-order chi connectivity index (χ1) is 7.72. The van der Waals surface area contributed by atoms with Crippen LogP contribution in [0.25, 0.3) is 16.2 Å². The van der Waals surface area contributed by atoms with Crippen molar-refractivity contribution in [3.63, 3.8) is 0 Å². The van der Waals surface area contributed by atoms with E-state index in [0.717, 1.165) is 26.2 Å². The summed E-state index contributed by atoms with van der Waals surface area (Å²) in [4.78, 5) is 5.43. The van der Waals surface area contributed by atoms with E-state index in [1.807, 2.05) is 41.9 Å². The van der Waals surface area contributed by atoms with Gasteiger partial charge < -0.3 is 0 Å². The lowest BCUT2D eigenvalue weighted by atomic mass is 10.2. The fourth-order valence-electron chi connectivity index (χ4n) is 1.56. The van der Waals surface area contributed by atoms with Gasteiger partial charge in [-0.05, 0) is 19.1 Å². The van der Waals surface area contributed by atoms with Gasteiger partial charge in [-0.15, -0.1) is 0 Å². The van der Waals surface area contributed by atoms with Gasteiger partial charge in [0.25, 0.3) is 0 Å². The number of hydrogen-bond donors (Lipinski definition) is 0. The Morgan fingerprint density at radius 2 is 2.00 bits per heavy atom. The molecule has 1 aromatic carbocycles. The smallest absolute Gasteiger partial charge is 0.212 e. The van der Waals surface area contributed by atoms with Gasteiger partial charge in [-0.3, -0.25) is 0 Å². The van der Waals surface area contributed by atoms with E-state index in [0.29, 0.717) is 0 Å². The molecule has 3 nitrogen and oxygen atoms in total. The molecule has 5 heteroatoms. The van der Waals surface area contributed by atoms with Crippen LogP contribution >= 0.6 is 22.9 Å². The maximum absolute atomic E-state index is 5.84. The maximum Gasteiger partial charge on any atom is 0.212 e. The Balaban J connectivity index is 2.11. The summed E-state index contributed by atoms with van der Waals surface area (Å²) in [7, 11) is 0. The molecule has 0 unspecified atom stereocenters. The number of imidazole rings is 1. The number of aromatic nitrogens is 3. The highest BCUT2D eigenvalue weighted by Crippen LogP contribution is 2.23. The van der Waals surface area contributed by atoms with E-state index in [-0.39, 0.29) is 0 Å². The third-order valence-electron chi connectivity index (χ3n) is 2.28. The molecule has 0 N–H and O–H groups in total. The summed E-state index contributed by atoms with van der Waals surface area (Å²) < 4.78 is 1.81. The second-order valence-corrected chi connectivity index (χ2v) is 5.08. The molecule has 0 saturated carbocycles. The van der Waals surface area contributed by atoms with Crippen molar-refractivity contribution >= 4 is 27.9 Å². The van der Waals surface area contributed by atoms with E-state index in [2.05, 4.69) is 10.1 Å². The molecular weight excluding hydrogens is 242 g/mol. The van der Waals surface area contributed by atoms with Gasteiger partial charge in [0.05, 0.1) is 11.9 Å². The molecule has 0 saturated heterocycles. The third-order valence-corrected chi connectivity index (χ3v) is 3.37. The van der Waals surface area contributed by atoms with Crippen molar-refractivity contribution in [2.24, 2.45) is 0 Å². The molecule has 0 atom stereocenters. The van der Waals surface area contributed by atoms with Gasteiger partial charge in [0, 0.05) is 10.6 Å². The number of halogens is 1. The second-order valence-electron chi connectivity index (χ2n) is 3.48. The Morgan fingerprint density at radius 1 is 1.25 bits per heavy atom. The quantitative estimate of drug-likeness (QED) is 0.662. The summed E-state index contributed by atoms with van der Waals surface area (Å²) in [6, 6.07) is 7.65. The van der Waals surface area contributed by atoms with Crippen LogP contribution in [0.15, 0.2) is 30.5 Å². The molecule has 0 amide bonds. The highest BCUT2D eigenvalue weighted by molar-refractivity contribution is 7.16. The molecule has 0 radical (unpaired) electrons. The van der Waals surface area contributed by atoms with Crippen molar-refractivity contribution in [2.45, 2.75) is 6.92 Å². The standard InChI is InChI=1S/C11H8ClN3S/c1-7-14-15-6-10(13-11(15)16-7)8-2-4-9(12)5-3-8/h2-6H,1H3. The SMILES string of the molecule is Cc1nn2cc(-c3ccc(Cl)cc3)nc2s1. The Morgan fingerprint density at radius 3 is 2.69 bits per heavy atom. The summed E-state index contributed by atoms with van der Waals surface area (Å²) in [5.74, 6) is 0. The van der Waals surface area contributed by atoms with Gasteiger partial charge in [-0.1, -0.05) is 35.1 Å². The fraction of sp³-hybridized carbons (Fsp3) is 0.0909. The molecule has 2 aromatic heterocycles. The average Bonchev–Trinajstić information content (AvgIpc) is 2.75. The van der Waals surface area contributed by atoms with Crippen molar-refractivity contribution in [3.8, 4) is 11.3 Å². The minimum absolute atomic E-state index is 0.735. The number of benzene rings is 1. The Labute approximate surface area is 101 Å². The number of nitrogens with zero attached hydrogens (tertiary/aromatic N) is 3. The van der Waals surface area contributed by atoms with Gasteiger partial charge in [0.2, 0.25) is 4.96 Å². The van der Waals surface area contributed by atoms with Crippen LogP contribution in [-0.4, -0.2) is 14.6 Å². The first-order valence-corrected chi connectivity index (χ1v) is 6.00. The van der Waals surface area contributed by atoms with Crippen molar-refractivity contribution in [2.75, 3.05) is 0 Å². The van der Waals surface area contributed by atoms with Crippen LogP contribution in [-0.2, 0) is 0 Å². The molecule has 3 rings (SSSR count). The number of aryl methyl sites for hydroxylation is 1. The Kier molecular flexibility index (Phi) is 2.19. The van der Waals surface area contributed by atoms with Gasteiger partial charge >= 0.3 is 0 Å². The zero-order valence-electron chi connectivity index (χ0n) is 8.51. The van der Waals surface area contributed by atoms with Crippen LogP contribution in [0.4, 0.5) is 0 Å². The summed E-state index contributed by atoms with van der Waals surface area (Å²) in [5, 5.41) is 6.08. The van der Waals surface area contributed by atoms with Crippen LogP contribution < -0.4 is 0 Å². The summed E-state index contributed by atoms with van der Waals surface area (Å²) in [6.45, 7) is 1.97. The minimum atomic E-state index is 0.735. The molecule has 0 aliphatic carbocycles. The fourth-order valence-corrected chi connectivity index (χ4v) is 2.41. The lowest BCUT2D eigenvalue weighted by molar-refractivity contribution is 0.946. The number of rotatable bonds is 1. The van der Waals surface area contributed by atoms with E-state index in [1.165, 1.54) is 0 Å². The van der Waals surface area contributed by atoms with Crippen LogP contribution in [0.1, 0.15) is 5.01 Å². The summed E-state index contributed by atoms with van der Waals surface area (Å²) in [6.07, 6.45) is 1.93. The zero-order valence-corrected chi connectivity index (χ0v) is 10.1. The predicted octanol–water partition coefficient (Wildman–Crippen LogP) is 3.42. The maximum atomic E-state index is 5.84. The molecule has 0 bridgehead atoms. The second kappa shape index (κ2) is 3.57. The number of hydrogen-bond acceptors (Lipinski definition) is 3. The van der Waals surface area contributed by atoms with Crippen LogP contribution in [0.5, 0.6) is 0 Å². The van der Waals surface area contributed by atoms with Crippen LogP contribution in [0.2, 0.25) is 5.02 Å². The number of fused-ring (bicyclic) bond motifs is 1. The average molecular weight is 250 g/mol. The van der Waals surface area contributed by atoms with E-state index in [1.54, 1.807) is 11.3 Å². The largest absolute Gasteiger partial charge is 0.217 e.